The number of hydroxylamine groups is 2. The summed E-state index contributed by atoms with van der Waals surface area (Å²) in [7, 11) is 1.36. The first kappa shape index (κ1) is 22.6. The quantitative estimate of drug-likeness (QED) is 0.264. The maximum Gasteiger partial charge on any atom is 0.245 e. The average Bonchev–Trinajstić information content (AvgIpc) is 3.25. The van der Waals surface area contributed by atoms with E-state index < -0.39 is 0 Å². The van der Waals surface area contributed by atoms with E-state index in [2.05, 4.69) is 6.92 Å². The molecule has 0 spiro atoms. The highest BCUT2D eigenvalue weighted by molar-refractivity contribution is 5.74. The molecule has 2 bridgehead atoms. The molecule has 4 atom stereocenters. The van der Waals surface area contributed by atoms with Gasteiger partial charge in [0.05, 0.1) is 18.8 Å². The number of unbranched alkanes of at least 4 members (excludes halogenated alkanes) is 4. The molecular formula is C21H39NO5. The Hall–Kier alpha value is -0.690. The van der Waals surface area contributed by atoms with E-state index >= 15 is 0 Å². The molecule has 2 aliphatic rings. The van der Waals surface area contributed by atoms with Crippen LogP contribution in [-0.2, 0) is 19.0 Å². The van der Waals surface area contributed by atoms with Crippen LogP contribution >= 0.6 is 0 Å². The molecule has 2 saturated heterocycles. The third-order valence-electron chi connectivity index (χ3n) is 5.93. The van der Waals surface area contributed by atoms with Crippen molar-refractivity contribution in [3.8, 4) is 0 Å². The summed E-state index contributed by atoms with van der Waals surface area (Å²) in [4.78, 5) is 11.3. The fraction of sp³-hybridized carbons (Fsp3) is 0.952. The van der Waals surface area contributed by atoms with Gasteiger partial charge in [0.2, 0.25) is 5.91 Å². The lowest BCUT2D eigenvalue weighted by molar-refractivity contribution is -0.159. The molecule has 6 heteroatoms. The van der Waals surface area contributed by atoms with Crippen molar-refractivity contribution < 1.29 is 24.2 Å². The number of nitrogens with zero attached hydrogens (tertiary/aromatic N) is 1. The van der Waals surface area contributed by atoms with Gasteiger partial charge in [-0.15, -0.1) is 0 Å². The molecule has 4 unspecified atom stereocenters. The monoisotopic (exact) mass is 385 g/mol. The summed E-state index contributed by atoms with van der Waals surface area (Å²) in [5, 5.41) is 9.68. The summed E-state index contributed by atoms with van der Waals surface area (Å²) in [5.41, 5.74) is 0. The van der Waals surface area contributed by atoms with Crippen LogP contribution in [0.3, 0.4) is 0 Å². The zero-order valence-electron chi connectivity index (χ0n) is 17.2. The van der Waals surface area contributed by atoms with E-state index in [4.69, 9.17) is 19.4 Å². The number of hydrogen-bond acceptors (Lipinski definition) is 5. The summed E-state index contributed by atoms with van der Waals surface area (Å²) in [5.74, 6) is 0.799. The number of rotatable bonds is 15. The van der Waals surface area contributed by atoms with Crippen LogP contribution in [0.2, 0.25) is 0 Å². The Morgan fingerprint density at radius 2 is 1.70 bits per heavy atom. The number of fused-ring (bicyclic) bond motifs is 2. The molecule has 0 aliphatic carbocycles. The van der Waals surface area contributed by atoms with Crippen molar-refractivity contribution in [3.63, 3.8) is 0 Å². The molecule has 0 aromatic rings. The number of amides is 1. The lowest BCUT2D eigenvalue weighted by Crippen LogP contribution is -2.32. The van der Waals surface area contributed by atoms with Crippen LogP contribution in [0.15, 0.2) is 0 Å². The van der Waals surface area contributed by atoms with Gasteiger partial charge >= 0.3 is 0 Å². The van der Waals surface area contributed by atoms with Gasteiger partial charge < -0.3 is 14.2 Å². The van der Waals surface area contributed by atoms with Gasteiger partial charge in [-0.05, 0) is 44.4 Å². The van der Waals surface area contributed by atoms with Gasteiger partial charge in [-0.1, -0.05) is 26.2 Å². The third kappa shape index (κ3) is 7.68. The Morgan fingerprint density at radius 3 is 2.44 bits per heavy atom. The van der Waals surface area contributed by atoms with Crippen LogP contribution in [-0.4, -0.2) is 61.9 Å². The molecule has 0 radical (unpaired) electrons. The highest BCUT2D eigenvalue weighted by Gasteiger charge is 2.48. The summed E-state index contributed by atoms with van der Waals surface area (Å²) in [6, 6.07) is 0. The van der Waals surface area contributed by atoms with Gasteiger partial charge in [0.25, 0.3) is 0 Å². The predicted octanol–water partition coefficient (Wildman–Crippen LogP) is 3.80. The maximum absolute atomic E-state index is 11.3. The van der Waals surface area contributed by atoms with Gasteiger partial charge in [-0.25, -0.2) is 5.06 Å². The highest BCUT2D eigenvalue weighted by Crippen LogP contribution is 2.45. The zero-order valence-corrected chi connectivity index (χ0v) is 17.2. The lowest BCUT2D eigenvalue weighted by Gasteiger charge is -2.27. The molecule has 158 valence electrons. The maximum atomic E-state index is 11.3. The Balaban J connectivity index is 1.56. The van der Waals surface area contributed by atoms with Crippen molar-refractivity contribution >= 4 is 5.91 Å². The van der Waals surface area contributed by atoms with Crippen molar-refractivity contribution in [2.24, 2.45) is 11.8 Å². The fourth-order valence-corrected chi connectivity index (χ4v) is 4.32. The largest absolute Gasteiger partial charge is 0.381 e. The number of ether oxygens (including phenoxy) is 3. The minimum Gasteiger partial charge on any atom is -0.381 e. The van der Waals surface area contributed by atoms with Crippen LogP contribution < -0.4 is 0 Å². The van der Waals surface area contributed by atoms with Crippen molar-refractivity contribution in [1.29, 1.82) is 0 Å². The SMILES string of the molecule is CCCCCCOCCC1C2CCC(O2)C1COCCCCC(=O)N(C)O. The van der Waals surface area contributed by atoms with Gasteiger partial charge in [0, 0.05) is 39.2 Å². The van der Waals surface area contributed by atoms with Crippen molar-refractivity contribution in [2.75, 3.05) is 33.5 Å². The molecular weight excluding hydrogens is 346 g/mol. The van der Waals surface area contributed by atoms with Crippen molar-refractivity contribution in [3.05, 3.63) is 0 Å². The number of carbonyl (C=O) groups excluding carboxylic acids is 1. The predicted molar refractivity (Wildman–Crippen MR) is 104 cm³/mol. The Kier molecular flexibility index (Phi) is 10.6. The van der Waals surface area contributed by atoms with Crippen LogP contribution in [0.5, 0.6) is 0 Å². The highest BCUT2D eigenvalue weighted by atomic mass is 16.5. The first-order chi connectivity index (χ1) is 13.1. The van der Waals surface area contributed by atoms with E-state index in [9.17, 15) is 4.79 Å². The van der Waals surface area contributed by atoms with Crippen LogP contribution in [0.1, 0.15) is 71.1 Å². The minimum atomic E-state index is -0.244. The Bertz CT molecular complexity index is 417. The lowest BCUT2D eigenvalue weighted by atomic mass is 9.78. The Morgan fingerprint density at radius 1 is 1.00 bits per heavy atom. The molecule has 0 aromatic heterocycles. The number of hydrogen-bond donors (Lipinski definition) is 1. The van der Waals surface area contributed by atoms with E-state index in [1.165, 1.54) is 39.2 Å². The number of carbonyl (C=O) groups is 1. The van der Waals surface area contributed by atoms with Gasteiger partial charge in [0.1, 0.15) is 0 Å². The first-order valence-corrected chi connectivity index (χ1v) is 10.9. The van der Waals surface area contributed by atoms with E-state index in [1.807, 2.05) is 0 Å². The molecule has 2 rings (SSSR count). The summed E-state index contributed by atoms with van der Waals surface area (Å²) >= 11 is 0. The van der Waals surface area contributed by atoms with Crippen LogP contribution in [0.25, 0.3) is 0 Å². The molecule has 1 N–H and O–H groups in total. The Labute approximate surface area is 164 Å². The van der Waals surface area contributed by atoms with Gasteiger partial charge in [-0.3, -0.25) is 10.0 Å². The molecule has 2 aliphatic heterocycles. The van der Waals surface area contributed by atoms with Crippen molar-refractivity contribution in [1.82, 2.24) is 5.06 Å². The fourth-order valence-electron chi connectivity index (χ4n) is 4.32. The van der Waals surface area contributed by atoms with Gasteiger partial charge in [0.15, 0.2) is 0 Å². The normalized spacial score (nSPS) is 26.6. The van der Waals surface area contributed by atoms with Gasteiger partial charge in [-0.2, -0.15) is 0 Å². The molecule has 1 amide bonds. The second-order valence-corrected chi connectivity index (χ2v) is 8.03. The van der Waals surface area contributed by atoms with E-state index in [0.29, 0.717) is 42.1 Å². The smallest absolute Gasteiger partial charge is 0.245 e. The average molecular weight is 386 g/mol. The molecule has 6 nitrogen and oxygen atoms in total. The van der Waals surface area contributed by atoms with Crippen LogP contribution in [0, 0.1) is 11.8 Å². The van der Waals surface area contributed by atoms with E-state index in [0.717, 1.165) is 45.5 Å². The second kappa shape index (κ2) is 12.7. The molecule has 27 heavy (non-hydrogen) atoms. The molecule has 0 saturated carbocycles. The zero-order chi connectivity index (χ0) is 19.5. The minimum absolute atomic E-state index is 0.244. The first-order valence-electron chi connectivity index (χ1n) is 10.9. The second-order valence-electron chi connectivity index (χ2n) is 8.03. The topological polar surface area (TPSA) is 68.2 Å². The summed E-state index contributed by atoms with van der Waals surface area (Å²) < 4.78 is 17.9. The summed E-state index contributed by atoms with van der Waals surface area (Å²) in [6.45, 7) is 5.35. The summed E-state index contributed by atoms with van der Waals surface area (Å²) in [6.07, 6.45) is 11.1. The molecule has 0 aromatic carbocycles. The molecule has 2 fully saturated rings. The van der Waals surface area contributed by atoms with E-state index in [-0.39, 0.29) is 5.91 Å². The van der Waals surface area contributed by atoms with Crippen LogP contribution in [0.4, 0.5) is 0 Å². The third-order valence-corrected chi connectivity index (χ3v) is 5.93. The molecule has 2 heterocycles. The van der Waals surface area contributed by atoms with E-state index in [1.54, 1.807) is 0 Å². The standard InChI is InChI=1S/C21H39NO5/c1-3-4-5-7-13-25-15-12-17-18(20-11-10-19(17)27-20)16-26-14-8-6-9-21(23)22(2)24/h17-20,24H,3-16H2,1-2H3. The van der Waals surface area contributed by atoms with Crippen molar-refractivity contribution in [2.45, 2.75) is 83.3 Å².